The van der Waals surface area contributed by atoms with E-state index in [4.69, 9.17) is 4.74 Å². The fourth-order valence-electron chi connectivity index (χ4n) is 2.23. The molecule has 1 aromatic carbocycles. The van der Waals surface area contributed by atoms with Gasteiger partial charge in [0.1, 0.15) is 18.3 Å². The minimum absolute atomic E-state index is 0.0147. The second-order valence-electron chi connectivity index (χ2n) is 5.62. The average molecular weight is 405 g/mol. The van der Waals surface area contributed by atoms with Crippen molar-refractivity contribution in [3.05, 3.63) is 33.9 Å². The molecule has 152 valence electrons. The van der Waals surface area contributed by atoms with Gasteiger partial charge in [0.05, 0.1) is 17.0 Å². The first-order chi connectivity index (χ1) is 13.0. The van der Waals surface area contributed by atoms with Gasteiger partial charge in [0.15, 0.2) is 6.61 Å². The molecule has 1 N–H and O–H groups in total. The third-order valence-corrected chi connectivity index (χ3v) is 3.65. The standard InChI is InChI=1S/C15H14F3N3O7/c1-8(13(23)28-7-12(22)20-4-5-27-14(20)24)19-10-3-2-9(15(16,17)18)6-11(10)21(25)26/h2-3,6,8,19H,4-5,7H2,1H3/t8-/m0/s1. The third-order valence-electron chi connectivity index (χ3n) is 3.65. The minimum Gasteiger partial charge on any atom is -0.454 e. The average Bonchev–Trinajstić information content (AvgIpc) is 3.04. The van der Waals surface area contributed by atoms with Crippen molar-refractivity contribution in [1.29, 1.82) is 0 Å². The number of hydrogen-bond donors (Lipinski definition) is 1. The van der Waals surface area contributed by atoms with Crippen LogP contribution in [0.4, 0.5) is 29.3 Å². The van der Waals surface area contributed by atoms with Crippen LogP contribution in [-0.4, -0.2) is 53.6 Å². The lowest BCUT2D eigenvalue weighted by molar-refractivity contribution is -0.384. The van der Waals surface area contributed by atoms with E-state index in [0.29, 0.717) is 12.1 Å². The molecule has 1 fully saturated rings. The quantitative estimate of drug-likeness (QED) is 0.432. The molecular weight excluding hydrogens is 391 g/mol. The summed E-state index contributed by atoms with van der Waals surface area (Å²) in [5.41, 5.74) is -2.44. The second-order valence-corrected chi connectivity index (χ2v) is 5.62. The molecule has 1 heterocycles. The Hall–Kier alpha value is -3.38. The number of nitro benzene ring substituents is 1. The van der Waals surface area contributed by atoms with Crippen LogP contribution < -0.4 is 5.32 Å². The molecule has 28 heavy (non-hydrogen) atoms. The van der Waals surface area contributed by atoms with Gasteiger partial charge in [0.2, 0.25) is 0 Å². The fraction of sp³-hybridized carbons (Fsp3) is 0.400. The minimum atomic E-state index is -4.77. The molecule has 1 aliphatic heterocycles. The van der Waals surface area contributed by atoms with Gasteiger partial charge in [-0.1, -0.05) is 0 Å². The number of esters is 1. The van der Waals surface area contributed by atoms with Crippen LogP contribution in [0.1, 0.15) is 12.5 Å². The summed E-state index contributed by atoms with van der Waals surface area (Å²) >= 11 is 0. The maximum Gasteiger partial charge on any atom is 0.416 e. The SMILES string of the molecule is C[C@H](Nc1ccc(C(F)(F)F)cc1[N+](=O)[O-])C(=O)OCC(=O)N1CCOC1=O. The highest BCUT2D eigenvalue weighted by molar-refractivity contribution is 5.94. The van der Waals surface area contributed by atoms with E-state index in [0.717, 1.165) is 11.0 Å². The van der Waals surface area contributed by atoms with E-state index in [1.54, 1.807) is 0 Å². The molecular formula is C15H14F3N3O7. The lowest BCUT2D eigenvalue weighted by atomic mass is 10.1. The van der Waals surface area contributed by atoms with E-state index in [9.17, 15) is 37.7 Å². The monoisotopic (exact) mass is 405 g/mol. The van der Waals surface area contributed by atoms with Crippen molar-refractivity contribution in [3.8, 4) is 0 Å². The van der Waals surface area contributed by atoms with Crippen LogP contribution in [0.15, 0.2) is 18.2 Å². The van der Waals surface area contributed by atoms with Crippen LogP contribution in [0.25, 0.3) is 0 Å². The number of alkyl halides is 3. The number of ether oxygens (including phenoxy) is 2. The number of rotatable bonds is 6. The van der Waals surface area contributed by atoms with Crippen LogP contribution in [0.3, 0.4) is 0 Å². The number of halogens is 3. The van der Waals surface area contributed by atoms with Crippen molar-refractivity contribution >= 4 is 29.3 Å². The number of nitro groups is 1. The first-order valence-electron chi connectivity index (χ1n) is 7.76. The van der Waals surface area contributed by atoms with E-state index in [2.05, 4.69) is 10.1 Å². The molecule has 0 bridgehead atoms. The number of carbonyl (C=O) groups is 3. The van der Waals surface area contributed by atoms with Crippen LogP contribution in [0.2, 0.25) is 0 Å². The summed E-state index contributed by atoms with van der Waals surface area (Å²) in [7, 11) is 0. The number of hydrogen-bond acceptors (Lipinski definition) is 8. The van der Waals surface area contributed by atoms with Gasteiger partial charge < -0.3 is 14.8 Å². The Bertz CT molecular complexity index is 813. The van der Waals surface area contributed by atoms with Gasteiger partial charge >= 0.3 is 18.2 Å². The van der Waals surface area contributed by atoms with Crippen molar-refractivity contribution in [2.45, 2.75) is 19.1 Å². The van der Waals surface area contributed by atoms with Crippen molar-refractivity contribution in [1.82, 2.24) is 4.90 Å². The van der Waals surface area contributed by atoms with Crippen LogP contribution >= 0.6 is 0 Å². The summed E-state index contributed by atoms with van der Waals surface area (Å²) in [5, 5.41) is 13.4. The molecule has 2 rings (SSSR count). The smallest absolute Gasteiger partial charge is 0.416 e. The van der Waals surface area contributed by atoms with Crippen molar-refractivity contribution < 1.29 is 42.0 Å². The third kappa shape index (κ3) is 4.86. The topological polar surface area (TPSA) is 128 Å². The molecule has 0 aliphatic carbocycles. The molecule has 1 saturated heterocycles. The zero-order valence-electron chi connectivity index (χ0n) is 14.3. The maximum atomic E-state index is 12.7. The van der Waals surface area contributed by atoms with Gasteiger partial charge in [0, 0.05) is 6.07 Å². The molecule has 1 atom stereocenters. The summed E-state index contributed by atoms with van der Waals surface area (Å²) in [5.74, 6) is -1.82. The Kier molecular flexibility index (Phi) is 6.06. The molecule has 13 heteroatoms. The van der Waals surface area contributed by atoms with E-state index in [-0.39, 0.29) is 18.8 Å². The number of nitrogens with zero attached hydrogens (tertiary/aromatic N) is 2. The van der Waals surface area contributed by atoms with Gasteiger partial charge in [-0.2, -0.15) is 13.2 Å². The van der Waals surface area contributed by atoms with Crippen molar-refractivity contribution in [2.24, 2.45) is 0 Å². The van der Waals surface area contributed by atoms with Crippen LogP contribution in [-0.2, 0) is 25.2 Å². The molecule has 2 amide bonds. The summed E-state index contributed by atoms with van der Waals surface area (Å²) in [4.78, 5) is 45.6. The second kappa shape index (κ2) is 8.10. The zero-order valence-corrected chi connectivity index (χ0v) is 14.3. The van der Waals surface area contributed by atoms with E-state index < -0.39 is 53.0 Å². The molecule has 1 aromatic rings. The molecule has 0 aromatic heterocycles. The van der Waals surface area contributed by atoms with E-state index in [1.165, 1.54) is 6.92 Å². The number of cyclic esters (lactones) is 1. The number of carbonyl (C=O) groups excluding carboxylic acids is 3. The fourth-order valence-corrected chi connectivity index (χ4v) is 2.23. The molecule has 0 spiro atoms. The summed E-state index contributed by atoms with van der Waals surface area (Å²) in [6.45, 7) is 0.502. The number of imide groups is 1. The largest absolute Gasteiger partial charge is 0.454 e. The molecule has 1 aliphatic rings. The Labute approximate surface area is 155 Å². The Morgan fingerprint density at radius 3 is 2.64 bits per heavy atom. The highest BCUT2D eigenvalue weighted by atomic mass is 19.4. The highest BCUT2D eigenvalue weighted by Gasteiger charge is 2.34. The number of nitrogens with one attached hydrogen (secondary N) is 1. The predicted octanol–water partition coefficient (Wildman–Crippen LogP) is 1.94. The predicted molar refractivity (Wildman–Crippen MR) is 85.2 cm³/mol. The zero-order chi connectivity index (χ0) is 21.1. The molecule has 0 saturated carbocycles. The first kappa shape index (κ1) is 20.9. The Morgan fingerprint density at radius 2 is 2.11 bits per heavy atom. The Morgan fingerprint density at radius 1 is 1.43 bits per heavy atom. The Balaban J connectivity index is 2.02. The number of benzene rings is 1. The summed E-state index contributed by atoms with van der Waals surface area (Å²) < 4.78 is 47.4. The molecule has 10 nitrogen and oxygen atoms in total. The lowest BCUT2D eigenvalue weighted by Gasteiger charge is -2.16. The van der Waals surface area contributed by atoms with Gasteiger partial charge in [-0.05, 0) is 19.1 Å². The van der Waals surface area contributed by atoms with Gasteiger partial charge in [0.25, 0.3) is 11.6 Å². The van der Waals surface area contributed by atoms with E-state index >= 15 is 0 Å². The highest BCUT2D eigenvalue weighted by Crippen LogP contribution is 2.35. The lowest BCUT2D eigenvalue weighted by Crippen LogP contribution is -2.37. The summed E-state index contributed by atoms with van der Waals surface area (Å²) in [6.07, 6.45) is -5.64. The summed E-state index contributed by atoms with van der Waals surface area (Å²) in [6, 6.07) is 0.545. The van der Waals surface area contributed by atoms with Gasteiger partial charge in [-0.15, -0.1) is 0 Å². The van der Waals surface area contributed by atoms with Crippen molar-refractivity contribution in [3.63, 3.8) is 0 Å². The normalized spacial score (nSPS) is 15.0. The van der Waals surface area contributed by atoms with Gasteiger partial charge in [-0.3, -0.25) is 14.9 Å². The molecule has 0 radical (unpaired) electrons. The van der Waals surface area contributed by atoms with Crippen molar-refractivity contribution in [2.75, 3.05) is 25.1 Å². The number of anilines is 1. The maximum absolute atomic E-state index is 12.7. The van der Waals surface area contributed by atoms with E-state index in [1.807, 2.05) is 0 Å². The number of amides is 2. The van der Waals surface area contributed by atoms with Crippen LogP contribution in [0.5, 0.6) is 0 Å². The molecule has 0 unspecified atom stereocenters. The first-order valence-corrected chi connectivity index (χ1v) is 7.76. The van der Waals surface area contributed by atoms with Crippen LogP contribution in [0, 0.1) is 10.1 Å². The van der Waals surface area contributed by atoms with Gasteiger partial charge in [-0.25, -0.2) is 14.5 Å².